The van der Waals surface area contributed by atoms with Crippen LogP contribution in [0.5, 0.6) is 5.75 Å². The van der Waals surface area contributed by atoms with Crippen LogP contribution >= 0.6 is 0 Å². The van der Waals surface area contributed by atoms with E-state index in [0.29, 0.717) is 23.0 Å². The van der Waals surface area contributed by atoms with E-state index in [2.05, 4.69) is 17.6 Å². The van der Waals surface area contributed by atoms with Gasteiger partial charge in [-0.2, -0.15) is 0 Å². The lowest BCUT2D eigenvalue weighted by Crippen LogP contribution is -2.25. The van der Waals surface area contributed by atoms with Crippen molar-refractivity contribution >= 4 is 17.5 Å². The Morgan fingerprint density at radius 3 is 2.56 bits per heavy atom. The number of anilines is 1. The lowest BCUT2D eigenvalue weighted by atomic mass is 10.2. The molecule has 0 aliphatic heterocycles. The predicted molar refractivity (Wildman–Crippen MR) is 96.9 cm³/mol. The fourth-order valence-electron chi connectivity index (χ4n) is 2.40. The van der Waals surface area contributed by atoms with Gasteiger partial charge in [-0.25, -0.2) is 0 Å². The fourth-order valence-corrected chi connectivity index (χ4v) is 2.40. The highest BCUT2D eigenvalue weighted by Gasteiger charge is 2.23. The second kappa shape index (κ2) is 7.83. The van der Waals surface area contributed by atoms with Gasteiger partial charge in [-0.15, -0.1) is 0 Å². The SMILES string of the molecule is CCc1ccc(OCC(=O)Nc2cccc(C(=O)NC3CC3)c2)cc1. The molecule has 0 unspecified atom stereocenters. The topological polar surface area (TPSA) is 67.4 Å². The number of carbonyl (C=O) groups excluding carboxylic acids is 2. The van der Waals surface area contributed by atoms with Crippen LogP contribution in [0.25, 0.3) is 0 Å². The molecule has 5 nitrogen and oxygen atoms in total. The molecular formula is C20H22N2O3. The highest BCUT2D eigenvalue weighted by atomic mass is 16.5. The molecule has 0 bridgehead atoms. The molecular weight excluding hydrogens is 316 g/mol. The minimum absolute atomic E-state index is 0.0794. The van der Waals surface area contributed by atoms with Crippen molar-refractivity contribution in [3.8, 4) is 5.75 Å². The molecule has 25 heavy (non-hydrogen) atoms. The van der Waals surface area contributed by atoms with Gasteiger partial charge in [0.05, 0.1) is 0 Å². The van der Waals surface area contributed by atoms with E-state index in [4.69, 9.17) is 4.74 Å². The third-order valence-corrected chi connectivity index (χ3v) is 4.02. The number of benzene rings is 2. The summed E-state index contributed by atoms with van der Waals surface area (Å²) in [5.41, 5.74) is 2.34. The van der Waals surface area contributed by atoms with Crippen molar-refractivity contribution in [2.24, 2.45) is 0 Å². The molecule has 2 amide bonds. The first-order chi connectivity index (χ1) is 12.1. The highest BCUT2D eigenvalue weighted by molar-refractivity contribution is 5.97. The zero-order chi connectivity index (χ0) is 17.6. The molecule has 0 heterocycles. The Morgan fingerprint density at radius 2 is 1.88 bits per heavy atom. The van der Waals surface area contributed by atoms with Crippen molar-refractivity contribution < 1.29 is 14.3 Å². The van der Waals surface area contributed by atoms with Crippen molar-refractivity contribution in [3.05, 3.63) is 59.7 Å². The van der Waals surface area contributed by atoms with Gasteiger partial charge in [0.25, 0.3) is 11.8 Å². The van der Waals surface area contributed by atoms with Gasteiger partial charge in [0.15, 0.2) is 6.61 Å². The lowest BCUT2D eigenvalue weighted by Gasteiger charge is -2.09. The average molecular weight is 338 g/mol. The summed E-state index contributed by atoms with van der Waals surface area (Å²) in [6, 6.07) is 14.9. The normalized spacial score (nSPS) is 13.2. The molecule has 2 N–H and O–H groups in total. The molecule has 2 aromatic carbocycles. The molecule has 0 radical (unpaired) electrons. The second-order valence-corrected chi connectivity index (χ2v) is 6.16. The van der Waals surface area contributed by atoms with Crippen molar-refractivity contribution in [2.75, 3.05) is 11.9 Å². The van der Waals surface area contributed by atoms with Crippen LogP contribution < -0.4 is 15.4 Å². The van der Waals surface area contributed by atoms with Crippen LogP contribution in [0.3, 0.4) is 0 Å². The first kappa shape index (κ1) is 17.0. The monoisotopic (exact) mass is 338 g/mol. The average Bonchev–Trinajstić information content (AvgIpc) is 3.44. The first-order valence-corrected chi connectivity index (χ1v) is 8.56. The molecule has 0 atom stereocenters. The number of aryl methyl sites for hydroxylation is 1. The Balaban J connectivity index is 1.52. The standard InChI is InChI=1S/C20H22N2O3/c1-2-14-6-10-18(11-7-14)25-13-19(23)21-17-5-3-4-15(12-17)20(24)22-16-8-9-16/h3-7,10-12,16H,2,8-9,13H2,1H3,(H,21,23)(H,22,24). The Morgan fingerprint density at radius 1 is 1.12 bits per heavy atom. The van der Waals surface area contributed by atoms with Crippen molar-refractivity contribution in [3.63, 3.8) is 0 Å². The van der Waals surface area contributed by atoms with Crippen LogP contribution in [-0.2, 0) is 11.2 Å². The number of nitrogens with one attached hydrogen (secondary N) is 2. The zero-order valence-electron chi connectivity index (χ0n) is 14.2. The third kappa shape index (κ3) is 5.08. The summed E-state index contributed by atoms with van der Waals surface area (Å²) in [4.78, 5) is 24.1. The lowest BCUT2D eigenvalue weighted by molar-refractivity contribution is -0.118. The van der Waals surface area contributed by atoms with E-state index in [-0.39, 0.29) is 18.4 Å². The molecule has 0 aromatic heterocycles. The maximum Gasteiger partial charge on any atom is 0.262 e. The van der Waals surface area contributed by atoms with Crippen LogP contribution in [0.2, 0.25) is 0 Å². The molecule has 1 fully saturated rings. The Bertz CT molecular complexity index is 752. The molecule has 3 rings (SSSR count). The molecule has 5 heteroatoms. The van der Waals surface area contributed by atoms with Gasteiger partial charge in [-0.3, -0.25) is 9.59 Å². The van der Waals surface area contributed by atoms with Crippen molar-refractivity contribution in [1.29, 1.82) is 0 Å². The van der Waals surface area contributed by atoms with Crippen LogP contribution in [0, 0.1) is 0 Å². The number of amides is 2. The van der Waals surface area contributed by atoms with E-state index >= 15 is 0 Å². The van der Waals surface area contributed by atoms with Gasteiger partial charge in [0.1, 0.15) is 5.75 Å². The van der Waals surface area contributed by atoms with Crippen LogP contribution in [0.4, 0.5) is 5.69 Å². The molecule has 130 valence electrons. The maximum absolute atomic E-state index is 12.0. The van der Waals surface area contributed by atoms with E-state index in [1.807, 2.05) is 24.3 Å². The van der Waals surface area contributed by atoms with Crippen LogP contribution in [-0.4, -0.2) is 24.5 Å². The fraction of sp³-hybridized carbons (Fsp3) is 0.300. The smallest absolute Gasteiger partial charge is 0.262 e. The van der Waals surface area contributed by atoms with E-state index in [1.54, 1.807) is 24.3 Å². The Labute approximate surface area is 147 Å². The summed E-state index contributed by atoms with van der Waals surface area (Å²) in [5.74, 6) is 0.287. The number of rotatable bonds is 7. The molecule has 1 saturated carbocycles. The minimum atomic E-state index is -0.265. The van der Waals surface area contributed by atoms with Gasteiger partial charge in [-0.05, 0) is 55.2 Å². The molecule has 0 saturated heterocycles. The van der Waals surface area contributed by atoms with E-state index in [1.165, 1.54) is 5.56 Å². The second-order valence-electron chi connectivity index (χ2n) is 6.16. The van der Waals surface area contributed by atoms with Crippen LogP contribution in [0.15, 0.2) is 48.5 Å². The number of hydrogen-bond donors (Lipinski definition) is 2. The molecule has 0 spiro atoms. The summed E-state index contributed by atoms with van der Waals surface area (Å²) in [5, 5.41) is 5.69. The maximum atomic E-state index is 12.0. The largest absolute Gasteiger partial charge is 0.484 e. The van der Waals surface area contributed by atoms with Crippen molar-refractivity contribution in [1.82, 2.24) is 5.32 Å². The van der Waals surface area contributed by atoms with Crippen LogP contribution in [0.1, 0.15) is 35.7 Å². The van der Waals surface area contributed by atoms with Gasteiger partial charge < -0.3 is 15.4 Å². The van der Waals surface area contributed by atoms with Gasteiger partial charge >= 0.3 is 0 Å². The van der Waals surface area contributed by atoms with Crippen molar-refractivity contribution in [2.45, 2.75) is 32.2 Å². The summed E-state index contributed by atoms with van der Waals surface area (Å²) in [7, 11) is 0. The third-order valence-electron chi connectivity index (χ3n) is 4.02. The number of hydrogen-bond acceptors (Lipinski definition) is 3. The summed E-state index contributed by atoms with van der Waals surface area (Å²) in [6.07, 6.45) is 3.04. The quantitative estimate of drug-likeness (QED) is 0.815. The number of carbonyl (C=O) groups is 2. The Kier molecular flexibility index (Phi) is 5.33. The molecule has 1 aliphatic carbocycles. The molecule has 1 aliphatic rings. The van der Waals surface area contributed by atoms with Gasteiger partial charge in [0, 0.05) is 17.3 Å². The summed E-state index contributed by atoms with van der Waals surface area (Å²) in [6.45, 7) is 2.01. The Hall–Kier alpha value is -2.82. The van der Waals surface area contributed by atoms with Gasteiger partial charge in [-0.1, -0.05) is 25.1 Å². The van der Waals surface area contributed by atoms with E-state index < -0.39 is 0 Å². The molecule has 2 aromatic rings. The zero-order valence-corrected chi connectivity index (χ0v) is 14.2. The first-order valence-electron chi connectivity index (χ1n) is 8.56. The number of ether oxygens (including phenoxy) is 1. The van der Waals surface area contributed by atoms with Gasteiger partial charge in [0.2, 0.25) is 0 Å². The highest BCUT2D eigenvalue weighted by Crippen LogP contribution is 2.20. The summed E-state index contributed by atoms with van der Waals surface area (Å²) < 4.78 is 5.49. The summed E-state index contributed by atoms with van der Waals surface area (Å²) >= 11 is 0. The van der Waals surface area contributed by atoms with E-state index in [9.17, 15) is 9.59 Å². The van der Waals surface area contributed by atoms with E-state index in [0.717, 1.165) is 19.3 Å². The minimum Gasteiger partial charge on any atom is -0.484 e. The predicted octanol–water partition coefficient (Wildman–Crippen LogP) is 3.16.